The molecule has 1 heterocycles. The van der Waals surface area contributed by atoms with E-state index in [2.05, 4.69) is 0 Å². The summed E-state index contributed by atoms with van der Waals surface area (Å²) in [6.45, 7) is 3.52. The van der Waals surface area contributed by atoms with Crippen LogP contribution in [0.4, 0.5) is 0 Å². The van der Waals surface area contributed by atoms with Crippen LogP contribution in [-0.2, 0) is 4.79 Å². The highest BCUT2D eigenvalue weighted by Crippen LogP contribution is 2.51. The van der Waals surface area contributed by atoms with Crippen molar-refractivity contribution in [1.82, 2.24) is 4.90 Å². The number of carboxylic acids is 1. The van der Waals surface area contributed by atoms with E-state index in [1.165, 1.54) is 6.42 Å². The van der Waals surface area contributed by atoms with Crippen LogP contribution in [-0.4, -0.2) is 46.8 Å². The highest BCUT2D eigenvalue weighted by atomic mass is 16.4. The number of likely N-dealkylation sites (tertiary alicyclic amines) is 1. The van der Waals surface area contributed by atoms with Gasteiger partial charge in [-0.2, -0.15) is 0 Å². The SMILES string of the molecule is C[C@H](C(=O)O)N1C[C@@H](CO)C2(CCC2)C1. The van der Waals surface area contributed by atoms with Gasteiger partial charge in [0.05, 0.1) is 0 Å². The molecule has 0 amide bonds. The quantitative estimate of drug-likeness (QED) is 0.719. The number of carboxylic acid groups (broad SMARTS) is 1. The highest BCUT2D eigenvalue weighted by Gasteiger charge is 2.51. The first-order valence-corrected chi connectivity index (χ1v) is 5.67. The van der Waals surface area contributed by atoms with E-state index in [4.69, 9.17) is 5.11 Å². The molecule has 2 aliphatic rings. The van der Waals surface area contributed by atoms with Crippen molar-refractivity contribution in [3.63, 3.8) is 0 Å². The molecule has 0 aromatic rings. The average molecular weight is 213 g/mol. The Hall–Kier alpha value is -0.610. The molecule has 2 N–H and O–H groups in total. The van der Waals surface area contributed by atoms with Crippen LogP contribution in [0.15, 0.2) is 0 Å². The summed E-state index contributed by atoms with van der Waals surface area (Å²) in [5, 5.41) is 18.3. The van der Waals surface area contributed by atoms with Crippen molar-refractivity contribution in [2.24, 2.45) is 11.3 Å². The lowest BCUT2D eigenvalue weighted by atomic mass is 9.63. The van der Waals surface area contributed by atoms with Crippen LogP contribution in [0.2, 0.25) is 0 Å². The number of hydrogen-bond acceptors (Lipinski definition) is 3. The zero-order chi connectivity index (χ0) is 11.1. The summed E-state index contributed by atoms with van der Waals surface area (Å²) in [7, 11) is 0. The molecule has 2 rings (SSSR count). The van der Waals surface area contributed by atoms with Crippen molar-refractivity contribution in [3.8, 4) is 0 Å². The van der Waals surface area contributed by atoms with E-state index in [0.717, 1.165) is 25.9 Å². The predicted molar refractivity (Wildman–Crippen MR) is 55.5 cm³/mol. The molecule has 0 aromatic heterocycles. The van der Waals surface area contributed by atoms with Gasteiger partial charge in [0.15, 0.2) is 0 Å². The molecule has 15 heavy (non-hydrogen) atoms. The topological polar surface area (TPSA) is 60.8 Å². The number of aliphatic hydroxyl groups is 1. The second-order valence-corrected chi connectivity index (χ2v) is 5.04. The first kappa shape index (κ1) is 10.9. The third kappa shape index (κ3) is 1.66. The maximum Gasteiger partial charge on any atom is 0.320 e. The fraction of sp³-hybridized carbons (Fsp3) is 0.909. The average Bonchev–Trinajstić information content (AvgIpc) is 2.55. The van der Waals surface area contributed by atoms with Crippen molar-refractivity contribution in [2.75, 3.05) is 19.7 Å². The van der Waals surface area contributed by atoms with Crippen LogP contribution in [0.25, 0.3) is 0 Å². The molecule has 2 atom stereocenters. The lowest BCUT2D eigenvalue weighted by Gasteiger charge is -2.42. The van der Waals surface area contributed by atoms with E-state index in [1.54, 1.807) is 6.92 Å². The Morgan fingerprint density at radius 2 is 2.27 bits per heavy atom. The van der Waals surface area contributed by atoms with E-state index in [9.17, 15) is 9.90 Å². The third-order valence-electron chi connectivity index (χ3n) is 4.31. The Bertz CT molecular complexity index is 263. The van der Waals surface area contributed by atoms with Crippen LogP contribution in [0.5, 0.6) is 0 Å². The van der Waals surface area contributed by atoms with Gasteiger partial charge in [-0.15, -0.1) is 0 Å². The maximum absolute atomic E-state index is 10.9. The second kappa shape index (κ2) is 3.76. The van der Waals surface area contributed by atoms with Gasteiger partial charge in [-0.3, -0.25) is 9.69 Å². The van der Waals surface area contributed by atoms with Gasteiger partial charge < -0.3 is 10.2 Å². The number of aliphatic carboxylic acids is 1. The van der Waals surface area contributed by atoms with Gasteiger partial charge in [0.1, 0.15) is 6.04 Å². The Kier molecular flexibility index (Phi) is 2.73. The molecule has 4 nitrogen and oxygen atoms in total. The number of carbonyl (C=O) groups is 1. The minimum Gasteiger partial charge on any atom is -0.480 e. The van der Waals surface area contributed by atoms with Crippen LogP contribution >= 0.6 is 0 Å². The molecule has 4 heteroatoms. The van der Waals surface area contributed by atoms with Crippen LogP contribution < -0.4 is 0 Å². The molecule has 1 aliphatic heterocycles. The third-order valence-corrected chi connectivity index (χ3v) is 4.31. The lowest BCUT2D eigenvalue weighted by Crippen LogP contribution is -2.41. The Morgan fingerprint density at radius 3 is 2.60 bits per heavy atom. The van der Waals surface area contributed by atoms with Crippen molar-refractivity contribution < 1.29 is 15.0 Å². The highest BCUT2D eigenvalue weighted by molar-refractivity contribution is 5.72. The van der Waals surface area contributed by atoms with Gasteiger partial charge in [0.25, 0.3) is 0 Å². The summed E-state index contributed by atoms with van der Waals surface area (Å²) in [4.78, 5) is 12.9. The van der Waals surface area contributed by atoms with E-state index < -0.39 is 12.0 Å². The zero-order valence-corrected chi connectivity index (χ0v) is 9.15. The van der Waals surface area contributed by atoms with Crippen LogP contribution in [0.1, 0.15) is 26.2 Å². The minimum atomic E-state index is -0.761. The maximum atomic E-state index is 10.9. The summed E-state index contributed by atoms with van der Waals surface area (Å²) >= 11 is 0. The number of hydrogen-bond donors (Lipinski definition) is 2. The molecule has 0 unspecified atom stereocenters. The van der Waals surface area contributed by atoms with Crippen molar-refractivity contribution >= 4 is 5.97 Å². The van der Waals surface area contributed by atoms with E-state index in [0.29, 0.717) is 0 Å². The normalized spacial score (nSPS) is 31.5. The smallest absolute Gasteiger partial charge is 0.320 e. The Balaban J connectivity index is 2.05. The van der Waals surface area contributed by atoms with Gasteiger partial charge >= 0.3 is 5.97 Å². The fourth-order valence-corrected chi connectivity index (χ4v) is 2.97. The number of nitrogens with zero attached hydrogens (tertiary/aromatic N) is 1. The molecule has 0 radical (unpaired) electrons. The van der Waals surface area contributed by atoms with Crippen LogP contribution in [0.3, 0.4) is 0 Å². The Labute approximate surface area is 89.9 Å². The zero-order valence-electron chi connectivity index (χ0n) is 9.15. The van der Waals surface area contributed by atoms with Gasteiger partial charge in [-0.1, -0.05) is 6.42 Å². The first-order valence-electron chi connectivity index (χ1n) is 5.67. The molecule has 1 aliphatic carbocycles. The molecule has 0 bridgehead atoms. The monoisotopic (exact) mass is 213 g/mol. The Morgan fingerprint density at radius 1 is 1.60 bits per heavy atom. The summed E-state index contributed by atoms with van der Waals surface area (Å²) in [5.74, 6) is -0.476. The number of aliphatic hydroxyl groups excluding tert-OH is 1. The minimum absolute atomic E-state index is 0.197. The predicted octanol–water partition coefficient (Wildman–Crippen LogP) is 0.554. The molecular weight excluding hydrogens is 194 g/mol. The number of rotatable bonds is 3. The first-order chi connectivity index (χ1) is 7.09. The van der Waals surface area contributed by atoms with Gasteiger partial charge in [-0.25, -0.2) is 0 Å². The van der Waals surface area contributed by atoms with Crippen molar-refractivity contribution in [1.29, 1.82) is 0 Å². The fourth-order valence-electron chi connectivity index (χ4n) is 2.97. The van der Waals surface area contributed by atoms with Gasteiger partial charge in [-0.05, 0) is 25.2 Å². The molecule has 2 fully saturated rings. The summed E-state index contributed by atoms with van der Waals surface area (Å²) in [6.07, 6.45) is 3.54. The van der Waals surface area contributed by atoms with Gasteiger partial charge in [0.2, 0.25) is 0 Å². The standard InChI is InChI=1S/C11H19NO3/c1-8(10(14)15)12-5-9(6-13)11(7-12)3-2-4-11/h8-9,13H,2-7H2,1H3,(H,14,15)/t8-,9+/m1/s1. The van der Waals surface area contributed by atoms with Gasteiger partial charge in [0, 0.05) is 25.6 Å². The summed E-state index contributed by atoms with van der Waals surface area (Å²) < 4.78 is 0. The van der Waals surface area contributed by atoms with E-state index in [-0.39, 0.29) is 17.9 Å². The summed E-state index contributed by atoms with van der Waals surface area (Å²) in [6, 6.07) is -0.418. The van der Waals surface area contributed by atoms with E-state index in [1.807, 2.05) is 4.90 Å². The lowest BCUT2D eigenvalue weighted by molar-refractivity contribution is -0.142. The van der Waals surface area contributed by atoms with Crippen molar-refractivity contribution in [2.45, 2.75) is 32.2 Å². The molecule has 86 valence electrons. The largest absolute Gasteiger partial charge is 0.480 e. The molecule has 1 saturated heterocycles. The van der Waals surface area contributed by atoms with E-state index >= 15 is 0 Å². The van der Waals surface area contributed by atoms with Crippen LogP contribution in [0, 0.1) is 11.3 Å². The molecule has 1 spiro atoms. The molecule has 1 saturated carbocycles. The molecule has 0 aromatic carbocycles. The van der Waals surface area contributed by atoms with Crippen molar-refractivity contribution in [3.05, 3.63) is 0 Å². The summed E-state index contributed by atoms with van der Waals surface area (Å²) in [5.41, 5.74) is 0.235. The second-order valence-electron chi connectivity index (χ2n) is 5.04. The molecular formula is C11H19NO3.